The van der Waals surface area contributed by atoms with Gasteiger partial charge in [0.2, 0.25) is 0 Å². The molecule has 4 rings (SSSR count). The maximum atomic E-state index is 4.71. The lowest BCUT2D eigenvalue weighted by Gasteiger charge is -2.29. The van der Waals surface area contributed by atoms with Gasteiger partial charge in [-0.3, -0.25) is 0 Å². The highest BCUT2D eigenvalue weighted by atomic mass is 15.3. The van der Waals surface area contributed by atoms with Crippen molar-refractivity contribution >= 4 is 11.3 Å². The molecular formula is C16H24N6. The highest BCUT2D eigenvalue weighted by molar-refractivity contribution is 5.56. The molecule has 118 valence electrons. The molecule has 0 unspecified atom stereocenters. The molecule has 2 aliphatic heterocycles. The topological polar surface area (TPSA) is 48.7 Å². The van der Waals surface area contributed by atoms with Crippen LogP contribution in [0.1, 0.15) is 18.7 Å². The Balaban J connectivity index is 1.47. The van der Waals surface area contributed by atoms with E-state index in [0.717, 1.165) is 50.6 Å². The molecule has 2 aromatic rings. The molecule has 2 aliphatic rings. The van der Waals surface area contributed by atoms with Crippen LogP contribution < -0.4 is 10.2 Å². The van der Waals surface area contributed by atoms with E-state index >= 15 is 0 Å². The number of rotatable bonds is 4. The van der Waals surface area contributed by atoms with Crippen molar-refractivity contribution in [3.63, 3.8) is 0 Å². The fourth-order valence-electron chi connectivity index (χ4n) is 3.41. The van der Waals surface area contributed by atoms with E-state index in [4.69, 9.17) is 4.98 Å². The molecule has 0 atom stereocenters. The Morgan fingerprint density at radius 3 is 2.73 bits per heavy atom. The standard InChI is InChI=1S/C16H24N6/c1-2-8-20(7-1)9-4-15-18-16-13-14(3-10-22(16)19-15)21-11-5-17-6-12-21/h3,10,13,17H,1-2,4-9,11-12H2. The zero-order valence-electron chi connectivity index (χ0n) is 13.0. The fourth-order valence-corrected chi connectivity index (χ4v) is 3.41. The van der Waals surface area contributed by atoms with Gasteiger partial charge >= 0.3 is 0 Å². The molecule has 1 N–H and O–H groups in total. The molecule has 6 heteroatoms. The first kappa shape index (κ1) is 14.0. The highest BCUT2D eigenvalue weighted by Gasteiger charge is 2.14. The first-order valence-corrected chi connectivity index (χ1v) is 8.42. The number of hydrogen-bond donors (Lipinski definition) is 1. The van der Waals surface area contributed by atoms with Crippen molar-refractivity contribution in [1.29, 1.82) is 0 Å². The number of piperazine rings is 1. The van der Waals surface area contributed by atoms with Gasteiger partial charge in [-0.05, 0) is 32.0 Å². The Morgan fingerprint density at radius 1 is 1.09 bits per heavy atom. The molecule has 0 amide bonds. The molecule has 6 nitrogen and oxygen atoms in total. The molecule has 0 aromatic carbocycles. The van der Waals surface area contributed by atoms with Crippen LogP contribution in [-0.2, 0) is 6.42 Å². The Labute approximate surface area is 131 Å². The molecule has 2 saturated heterocycles. The van der Waals surface area contributed by atoms with Gasteiger partial charge in [-0.2, -0.15) is 5.10 Å². The molecular weight excluding hydrogens is 276 g/mol. The summed E-state index contributed by atoms with van der Waals surface area (Å²) < 4.78 is 1.91. The maximum absolute atomic E-state index is 4.71. The summed E-state index contributed by atoms with van der Waals surface area (Å²) in [6.07, 6.45) is 5.67. The summed E-state index contributed by atoms with van der Waals surface area (Å²) in [7, 11) is 0. The Kier molecular flexibility index (Phi) is 3.95. The molecule has 0 radical (unpaired) electrons. The maximum Gasteiger partial charge on any atom is 0.157 e. The SMILES string of the molecule is c1cn2nc(CCN3CCCC3)nc2cc1N1CCNCC1. The monoisotopic (exact) mass is 300 g/mol. The van der Waals surface area contributed by atoms with Gasteiger partial charge in [-0.15, -0.1) is 0 Å². The van der Waals surface area contributed by atoms with E-state index in [9.17, 15) is 0 Å². The van der Waals surface area contributed by atoms with E-state index in [1.54, 1.807) is 0 Å². The van der Waals surface area contributed by atoms with Crippen molar-refractivity contribution in [2.75, 3.05) is 50.7 Å². The number of nitrogens with zero attached hydrogens (tertiary/aromatic N) is 5. The van der Waals surface area contributed by atoms with Gasteiger partial charge in [0.15, 0.2) is 11.5 Å². The Bertz CT molecular complexity index is 625. The third kappa shape index (κ3) is 2.94. The van der Waals surface area contributed by atoms with Crippen LogP contribution in [0.15, 0.2) is 18.3 Å². The van der Waals surface area contributed by atoms with Crippen LogP contribution in [0.4, 0.5) is 5.69 Å². The molecule has 2 fully saturated rings. The number of fused-ring (bicyclic) bond motifs is 1. The Hall–Kier alpha value is -1.66. The number of anilines is 1. The molecule has 22 heavy (non-hydrogen) atoms. The van der Waals surface area contributed by atoms with Gasteiger partial charge in [0.25, 0.3) is 0 Å². The van der Waals surface area contributed by atoms with E-state index in [-0.39, 0.29) is 0 Å². The lowest BCUT2D eigenvalue weighted by Crippen LogP contribution is -2.43. The van der Waals surface area contributed by atoms with Crippen LogP contribution in [0.2, 0.25) is 0 Å². The van der Waals surface area contributed by atoms with Crippen LogP contribution in [0, 0.1) is 0 Å². The van der Waals surface area contributed by atoms with E-state index in [1.165, 1.54) is 31.6 Å². The minimum absolute atomic E-state index is 0.949. The molecule has 0 aliphatic carbocycles. The largest absolute Gasteiger partial charge is 0.369 e. The second-order valence-corrected chi connectivity index (χ2v) is 6.25. The predicted octanol–water partition coefficient (Wildman–Crippen LogP) is 0.777. The lowest BCUT2D eigenvalue weighted by atomic mass is 10.3. The number of pyridine rings is 1. The highest BCUT2D eigenvalue weighted by Crippen LogP contribution is 2.17. The van der Waals surface area contributed by atoms with Crippen molar-refractivity contribution in [2.24, 2.45) is 0 Å². The summed E-state index contributed by atoms with van der Waals surface area (Å²) >= 11 is 0. The van der Waals surface area contributed by atoms with Crippen molar-refractivity contribution < 1.29 is 0 Å². The van der Waals surface area contributed by atoms with Crippen LogP contribution in [0.5, 0.6) is 0 Å². The van der Waals surface area contributed by atoms with Gasteiger partial charge in [-0.1, -0.05) is 0 Å². The molecule has 0 bridgehead atoms. The fraction of sp³-hybridized carbons (Fsp3) is 0.625. The van der Waals surface area contributed by atoms with E-state index in [1.807, 2.05) is 10.7 Å². The van der Waals surface area contributed by atoms with Crippen LogP contribution in [0.3, 0.4) is 0 Å². The summed E-state index contributed by atoms with van der Waals surface area (Å²) in [5, 5.41) is 8.00. The number of nitrogens with one attached hydrogen (secondary N) is 1. The third-order valence-corrected chi connectivity index (χ3v) is 4.70. The molecule has 0 saturated carbocycles. The summed E-state index contributed by atoms with van der Waals surface area (Å²) in [4.78, 5) is 9.64. The lowest BCUT2D eigenvalue weighted by molar-refractivity contribution is 0.341. The van der Waals surface area contributed by atoms with Crippen molar-refractivity contribution in [2.45, 2.75) is 19.3 Å². The van der Waals surface area contributed by atoms with Crippen LogP contribution >= 0.6 is 0 Å². The molecule has 2 aromatic heterocycles. The Morgan fingerprint density at radius 2 is 1.91 bits per heavy atom. The van der Waals surface area contributed by atoms with Gasteiger partial charge in [0.1, 0.15) is 0 Å². The van der Waals surface area contributed by atoms with E-state index < -0.39 is 0 Å². The van der Waals surface area contributed by atoms with Gasteiger partial charge in [0, 0.05) is 57.1 Å². The van der Waals surface area contributed by atoms with E-state index in [2.05, 4.69) is 32.3 Å². The first-order chi connectivity index (χ1) is 10.9. The number of hydrogen-bond acceptors (Lipinski definition) is 5. The van der Waals surface area contributed by atoms with Crippen LogP contribution in [-0.4, -0.2) is 65.3 Å². The average Bonchev–Trinajstić information content (AvgIpc) is 3.22. The average molecular weight is 300 g/mol. The minimum atomic E-state index is 0.949. The molecule has 0 spiro atoms. The smallest absolute Gasteiger partial charge is 0.157 e. The van der Waals surface area contributed by atoms with Crippen molar-refractivity contribution in [3.05, 3.63) is 24.2 Å². The van der Waals surface area contributed by atoms with Crippen molar-refractivity contribution in [3.8, 4) is 0 Å². The number of aromatic nitrogens is 3. The quantitative estimate of drug-likeness (QED) is 0.904. The van der Waals surface area contributed by atoms with Crippen molar-refractivity contribution in [1.82, 2.24) is 24.8 Å². The number of likely N-dealkylation sites (tertiary alicyclic amines) is 1. The van der Waals surface area contributed by atoms with E-state index in [0.29, 0.717) is 0 Å². The normalized spacial score (nSPS) is 20.1. The van der Waals surface area contributed by atoms with Gasteiger partial charge in [-0.25, -0.2) is 9.50 Å². The van der Waals surface area contributed by atoms with Gasteiger partial charge in [0.05, 0.1) is 0 Å². The summed E-state index contributed by atoms with van der Waals surface area (Å²) in [6.45, 7) is 7.79. The zero-order chi connectivity index (χ0) is 14.8. The summed E-state index contributed by atoms with van der Waals surface area (Å²) in [5.41, 5.74) is 2.22. The van der Waals surface area contributed by atoms with Crippen LogP contribution in [0.25, 0.3) is 5.65 Å². The molecule has 4 heterocycles. The van der Waals surface area contributed by atoms with Gasteiger partial charge < -0.3 is 15.1 Å². The minimum Gasteiger partial charge on any atom is -0.369 e. The first-order valence-electron chi connectivity index (χ1n) is 8.42. The zero-order valence-corrected chi connectivity index (χ0v) is 13.0. The predicted molar refractivity (Wildman–Crippen MR) is 87.4 cm³/mol. The summed E-state index contributed by atoms with van der Waals surface area (Å²) in [6, 6.07) is 4.31. The second kappa shape index (κ2) is 6.22. The third-order valence-electron chi connectivity index (χ3n) is 4.70. The summed E-state index contributed by atoms with van der Waals surface area (Å²) in [5.74, 6) is 0.962. The second-order valence-electron chi connectivity index (χ2n) is 6.25.